The van der Waals surface area contributed by atoms with Gasteiger partial charge in [0.1, 0.15) is 0 Å². The van der Waals surface area contributed by atoms with E-state index < -0.39 is 0 Å². The van der Waals surface area contributed by atoms with E-state index in [0.29, 0.717) is 6.42 Å². The second kappa shape index (κ2) is 7.70. The van der Waals surface area contributed by atoms with E-state index >= 15 is 0 Å². The van der Waals surface area contributed by atoms with Crippen LogP contribution in [0, 0.1) is 18.8 Å². The fourth-order valence-electron chi connectivity index (χ4n) is 2.38. The van der Waals surface area contributed by atoms with Gasteiger partial charge in [-0.3, -0.25) is 0 Å². The van der Waals surface area contributed by atoms with Crippen LogP contribution in [0.2, 0.25) is 0 Å². The molecule has 1 aliphatic rings. The number of likely N-dealkylation sites (tertiary alicyclic amines) is 1. The van der Waals surface area contributed by atoms with Crippen molar-refractivity contribution in [2.45, 2.75) is 32.6 Å². The Morgan fingerprint density at radius 3 is 2.81 bits per heavy atom. The monoisotopic (exact) mass is 286 g/mol. The lowest BCUT2D eigenvalue weighted by molar-refractivity contribution is 0.200. The molecule has 4 heteroatoms. The Labute approximate surface area is 126 Å². The first-order valence-corrected chi connectivity index (χ1v) is 7.47. The van der Waals surface area contributed by atoms with Gasteiger partial charge in [0, 0.05) is 25.1 Å². The van der Waals surface area contributed by atoms with Crippen molar-refractivity contribution in [2.75, 3.05) is 25.0 Å². The summed E-state index contributed by atoms with van der Waals surface area (Å²) in [6.45, 7) is 3.69. The number of anilines is 1. The summed E-state index contributed by atoms with van der Waals surface area (Å²) in [6, 6.07) is 5.75. The Kier molecular flexibility index (Phi) is 5.65. The van der Waals surface area contributed by atoms with Crippen LogP contribution < -0.4 is 5.32 Å². The molecule has 0 saturated carbocycles. The lowest BCUT2D eigenvalue weighted by Gasteiger charge is -2.27. The molecule has 1 aromatic carbocycles. The molecular weight excluding hydrogens is 264 g/mol. The molecule has 21 heavy (non-hydrogen) atoms. The molecule has 2 N–H and O–H groups in total. The van der Waals surface area contributed by atoms with Crippen LogP contribution >= 0.6 is 0 Å². The fraction of sp³-hybridized carbons (Fsp3) is 0.471. The van der Waals surface area contributed by atoms with E-state index in [4.69, 9.17) is 5.11 Å². The number of nitrogens with one attached hydrogen (secondary N) is 1. The number of piperidine rings is 1. The van der Waals surface area contributed by atoms with E-state index in [9.17, 15) is 4.79 Å². The van der Waals surface area contributed by atoms with E-state index in [1.165, 1.54) is 6.42 Å². The highest BCUT2D eigenvalue weighted by atomic mass is 16.2. The molecule has 0 aliphatic carbocycles. The molecule has 1 heterocycles. The van der Waals surface area contributed by atoms with Crippen molar-refractivity contribution in [1.29, 1.82) is 0 Å². The van der Waals surface area contributed by atoms with Gasteiger partial charge in [-0.2, -0.15) is 0 Å². The number of carbonyl (C=O) groups excluding carboxylic acids is 1. The lowest BCUT2D eigenvalue weighted by Crippen LogP contribution is -2.38. The van der Waals surface area contributed by atoms with E-state index in [1.54, 1.807) is 0 Å². The average molecular weight is 286 g/mol. The van der Waals surface area contributed by atoms with Crippen molar-refractivity contribution in [3.8, 4) is 11.8 Å². The van der Waals surface area contributed by atoms with Crippen molar-refractivity contribution in [3.63, 3.8) is 0 Å². The zero-order valence-electron chi connectivity index (χ0n) is 12.5. The number of hydrogen-bond donors (Lipinski definition) is 2. The highest BCUT2D eigenvalue weighted by molar-refractivity contribution is 5.91. The molecule has 112 valence electrons. The van der Waals surface area contributed by atoms with Gasteiger partial charge in [0.05, 0.1) is 12.3 Å². The molecule has 1 aromatic rings. The van der Waals surface area contributed by atoms with Crippen molar-refractivity contribution < 1.29 is 9.90 Å². The number of benzene rings is 1. The fourth-order valence-corrected chi connectivity index (χ4v) is 2.38. The summed E-state index contributed by atoms with van der Waals surface area (Å²) in [6.07, 6.45) is 3.79. The highest BCUT2D eigenvalue weighted by Gasteiger charge is 2.17. The minimum absolute atomic E-state index is 0.0499. The van der Waals surface area contributed by atoms with Crippen molar-refractivity contribution in [1.82, 2.24) is 4.90 Å². The average Bonchev–Trinajstić information content (AvgIpc) is 2.51. The minimum Gasteiger partial charge on any atom is -0.395 e. The number of aliphatic hydroxyl groups excluding tert-OH is 1. The Morgan fingerprint density at radius 2 is 2.10 bits per heavy atom. The number of aliphatic hydroxyl groups is 1. The van der Waals surface area contributed by atoms with Gasteiger partial charge in [0.2, 0.25) is 0 Å². The summed E-state index contributed by atoms with van der Waals surface area (Å²) in [4.78, 5) is 14.1. The van der Waals surface area contributed by atoms with E-state index in [0.717, 1.165) is 42.7 Å². The van der Waals surface area contributed by atoms with Gasteiger partial charge in [-0.1, -0.05) is 17.9 Å². The number of carbonyl (C=O) groups is 1. The van der Waals surface area contributed by atoms with Gasteiger partial charge in [0.25, 0.3) is 0 Å². The third-order valence-electron chi connectivity index (χ3n) is 3.52. The molecule has 1 fully saturated rings. The molecule has 2 amide bonds. The summed E-state index contributed by atoms with van der Waals surface area (Å²) in [5.41, 5.74) is 2.63. The number of nitrogens with zero attached hydrogens (tertiary/aromatic N) is 1. The predicted molar refractivity (Wildman–Crippen MR) is 84.2 cm³/mol. The molecule has 0 spiro atoms. The molecule has 0 aromatic heterocycles. The third-order valence-corrected chi connectivity index (χ3v) is 3.52. The lowest BCUT2D eigenvalue weighted by atomic mass is 10.1. The Bertz CT molecular complexity index is 552. The van der Waals surface area contributed by atoms with Crippen molar-refractivity contribution >= 4 is 11.7 Å². The topological polar surface area (TPSA) is 52.6 Å². The first-order valence-electron chi connectivity index (χ1n) is 7.47. The number of hydrogen-bond acceptors (Lipinski definition) is 2. The van der Waals surface area contributed by atoms with E-state index in [1.807, 2.05) is 30.0 Å². The quantitative estimate of drug-likeness (QED) is 0.821. The summed E-state index contributed by atoms with van der Waals surface area (Å²) >= 11 is 0. The van der Waals surface area contributed by atoms with Gasteiger partial charge in [-0.15, -0.1) is 0 Å². The zero-order chi connectivity index (χ0) is 15.1. The number of amides is 2. The molecule has 1 aliphatic heterocycles. The van der Waals surface area contributed by atoms with Gasteiger partial charge in [-0.05, 0) is 43.9 Å². The highest BCUT2D eigenvalue weighted by Crippen LogP contribution is 2.18. The van der Waals surface area contributed by atoms with E-state index in [2.05, 4.69) is 17.2 Å². The SMILES string of the molecule is Cc1ccc(NC(=O)N2CCCCC2)c(C#CCCO)c1. The molecule has 0 radical (unpaired) electrons. The predicted octanol–water partition coefficient (Wildman–Crippen LogP) is 2.75. The summed E-state index contributed by atoms with van der Waals surface area (Å²) < 4.78 is 0. The van der Waals surface area contributed by atoms with Crippen molar-refractivity contribution in [2.24, 2.45) is 0 Å². The summed E-state index contributed by atoms with van der Waals surface area (Å²) in [5, 5.41) is 11.8. The van der Waals surface area contributed by atoms with Crippen LogP contribution in [0.4, 0.5) is 10.5 Å². The van der Waals surface area contributed by atoms with Crippen LogP contribution in [0.25, 0.3) is 0 Å². The van der Waals surface area contributed by atoms with Gasteiger partial charge < -0.3 is 15.3 Å². The number of urea groups is 1. The first kappa shape index (κ1) is 15.4. The van der Waals surface area contributed by atoms with E-state index in [-0.39, 0.29) is 12.6 Å². The van der Waals surface area contributed by atoms with Crippen LogP contribution in [-0.4, -0.2) is 35.7 Å². The zero-order valence-corrected chi connectivity index (χ0v) is 12.5. The first-order chi connectivity index (χ1) is 10.2. The van der Waals surface area contributed by atoms with Crippen LogP contribution in [0.5, 0.6) is 0 Å². The molecule has 1 saturated heterocycles. The van der Waals surface area contributed by atoms with Crippen molar-refractivity contribution in [3.05, 3.63) is 29.3 Å². The largest absolute Gasteiger partial charge is 0.395 e. The second-order valence-electron chi connectivity index (χ2n) is 5.30. The molecule has 4 nitrogen and oxygen atoms in total. The molecule has 0 atom stereocenters. The third kappa shape index (κ3) is 4.51. The summed E-state index contributed by atoms with van der Waals surface area (Å²) in [5.74, 6) is 5.93. The number of aryl methyl sites for hydroxylation is 1. The van der Waals surface area contributed by atoms with Gasteiger partial charge in [-0.25, -0.2) is 4.79 Å². The van der Waals surface area contributed by atoms with Crippen LogP contribution in [0.1, 0.15) is 36.8 Å². The summed E-state index contributed by atoms with van der Waals surface area (Å²) in [7, 11) is 0. The van der Waals surface area contributed by atoms with Gasteiger partial charge >= 0.3 is 6.03 Å². The maximum absolute atomic E-state index is 12.3. The molecule has 2 rings (SSSR count). The standard InChI is InChI=1S/C17H22N2O2/c1-14-8-9-16(15(13-14)7-3-6-12-20)18-17(21)19-10-4-2-5-11-19/h8-9,13,20H,2,4-6,10-12H2,1H3,(H,18,21). The Balaban J connectivity index is 2.11. The second-order valence-corrected chi connectivity index (χ2v) is 5.30. The van der Waals surface area contributed by atoms with Crippen LogP contribution in [-0.2, 0) is 0 Å². The maximum Gasteiger partial charge on any atom is 0.321 e. The van der Waals surface area contributed by atoms with Crippen LogP contribution in [0.3, 0.4) is 0 Å². The molecule has 0 unspecified atom stereocenters. The normalized spacial score (nSPS) is 14.3. The Morgan fingerprint density at radius 1 is 1.33 bits per heavy atom. The maximum atomic E-state index is 12.3. The van der Waals surface area contributed by atoms with Crippen LogP contribution in [0.15, 0.2) is 18.2 Å². The minimum atomic E-state index is -0.0521. The molecular formula is C17H22N2O2. The Hall–Kier alpha value is -1.99. The number of rotatable bonds is 2. The smallest absolute Gasteiger partial charge is 0.321 e. The molecule has 0 bridgehead atoms. The van der Waals surface area contributed by atoms with Gasteiger partial charge in [0.15, 0.2) is 0 Å².